The van der Waals surface area contributed by atoms with Gasteiger partial charge in [-0.15, -0.1) is 0 Å². The third-order valence-corrected chi connectivity index (χ3v) is 4.05. The SMILES string of the molecule is C[C@H](OC(=O)c1ccc(Cl)cc1F)/C(O)=C(\C#N)c1nc2ccccc2[nH]1. The molecule has 27 heavy (non-hydrogen) atoms. The number of carbonyl (C=O) groups is 1. The van der Waals surface area contributed by atoms with Crippen LogP contribution < -0.4 is 0 Å². The molecule has 0 spiro atoms. The minimum Gasteiger partial charge on any atom is -0.507 e. The number of nitriles is 1. The Labute approximate surface area is 158 Å². The summed E-state index contributed by atoms with van der Waals surface area (Å²) >= 11 is 5.65. The number of ether oxygens (including phenoxy) is 1. The standard InChI is InChI=1S/C19H13ClFN3O3/c1-10(27-19(26)12-7-6-11(20)8-14(12)21)17(25)13(9-22)18-23-15-4-2-3-5-16(15)24-18/h2-8,10,25H,1H3,(H,23,24)/b17-13-/t10-/m0/s1. The first-order valence-corrected chi connectivity index (χ1v) is 8.23. The van der Waals surface area contributed by atoms with Crippen LogP contribution in [-0.4, -0.2) is 27.1 Å². The molecule has 136 valence electrons. The molecule has 3 rings (SSSR count). The van der Waals surface area contributed by atoms with Gasteiger partial charge in [0.05, 0.1) is 16.6 Å². The molecule has 0 amide bonds. The van der Waals surface area contributed by atoms with Crippen LogP contribution >= 0.6 is 11.6 Å². The highest BCUT2D eigenvalue weighted by atomic mass is 35.5. The molecule has 0 aliphatic rings. The molecule has 2 N–H and O–H groups in total. The first-order chi connectivity index (χ1) is 12.9. The number of rotatable bonds is 4. The molecule has 0 bridgehead atoms. The lowest BCUT2D eigenvalue weighted by Gasteiger charge is -2.14. The highest BCUT2D eigenvalue weighted by Gasteiger charge is 2.23. The first kappa shape index (κ1) is 18.4. The largest absolute Gasteiger partial charge is 0.507 e. The van der Waals surface area contributed by atoms with E-state index in [0.717, 1.165) is 6.07 Å². The number of carbonyl (C=O) groups excluding carboxylic acids is 1. The number of nitrogens with zero attached hydrogens (tertiary/aromatic N) is 2. The van der Waals surface area contributed by atoms with Gasteiger partial charge in [0.25, 0.3) is 0 Å². The number of esters is 1. The minimum atomic E-state index is -1.20. The van der Waals surface area contributed by atoms with Crippen molar-refractivity contribution in [2.45, 2.75) is 13.0 Å². The topological polar surface area (TPSA) is 99.0 Å². The van der Waals surface area contributed by atoms with Crippen molar-refractivity contribution in [1.82, 2.24) is 9.97 Å². The lowest BCUT2D eigenvalue weighted by Crippen LogP contribution is -2.19. The number of allylic oxidation sites excluding steroid dienone is 1. The molecule has 1 aromatic heterocycles. The van der Waals surface area contributed by atoms with E-state index >= 15 is 0 Å². The number of fused-ring (bicyclic) bond motifs is 1. The fraction of sp³-hybridized carbons (Fsp3) is 0.105. The number of aromatic amines is 1. The highest BCUT2D eigenvalue weighted by molar-refractivity contribution is 6.30. The van der Waals surface area contributed by atoms with Gasteiger partial charge in [-0.2, -0.15) is 5.26 Å². The van der Waals surface area contributed by atoms with Crippen molar-refractivity contribution in [3.05, 3.63) is 70.5 Å². The summed E-state index contributed by atoms with van der Waals surface area (Å²) in [6, 6.07) is 12.4. The maximum Gasteiger partial charge on any atom is 0.341 e. The Morgan fingerprint density at radius 2 is 2.11 bits per heavy atom. The van der Waals surface area contributed by atoms with Gasteiger partial charge >= 0.3 is 5.97 Å². The number of aromatic nitrogens is 2. The van der Waals surface area contributed by atoms with E-state index in [1.165, 1.54) is 19.1 Å². The van der Waals surface area contributed by atoms with Gasteiger partial charge in [-0.3, -0.25) is 0 Å². The van der Waals surface area contributed by atoms with E-state index in [2.05, 4.69) is 9.97 Å². The number of H-pyrrole nitrogens is 1. The molecule has 2 aromatic carbocycles. The summed E-state index contributed by atoms with van der Waals surface area (Å²) in [6.07, 6.45) is -1.20. The Bertz CT molecular complexity index is 1070. The summed E-state index contributed by atoms with van der Waals surface area (Å²) in [4.78, 5) is 19.3. The van der Waals surface area contributed by atoms with E-state index < -0.39 is 23.6 Å². The van der Waals surface area contributed by atoms with Crippen molar-refractivity contribution in [1.29, 1.82) is 5.26 Å². The summed E-state index contributed by atoms with van der Waals surface area (Å²) in [5.41, 5.74) is 0.784. The smallest absolute Gasteiger partial charge is 0.341 e. The molecule has 0 fully saturated rings. The second kappa shape index (κ2) is 7.48. The zero-order valence-electron chi connectivity index (χ0n) is 14.0. The molecule has 0 saturated carbocycles. The van der Waals surface area contributed by atoms with Gasteiger partial charge in [0.2, 0.25) is 0 Å². The first-order valence-electron chi connectivity index (χ1n) is 7.85. The molecule has 8 heteroatoms. The van der Waals surface area contributed by atoms with E-state index in [4.69, 9.17) is 16.3 Å². The Morgan fingerprint density at radius 1 is 1.37 bits per heavy atom. The van der Waals surface area contributed by atoms with Crippen molar-refractivity contribution >= 4 is 34.2 Å². The third kappa shape index (κ3) is 3.76. The van der Waals surface area contributed by atoms with Crippen LogP contribution in [0.1, 0.15) is 23.1 Å². The van der Waals surface area contributed by atoms with Crippen molar-refractivity contribution in [2.24, 2.45) is 0 Å². The van der Waals surface area contributed by atoms with Gasteiger partial charge in [0.15, 0.2) is 17.7 Å². The van der Waals surface area contributed by atoms with Crippen LogP contribution in [0.4, 0.5) is 4.39 Å². The van der Waals surface area contributed by atoms with Crippen LogP contribution in [0.5, 0.6) is 0 Å². The van der Waals surface area contributed by atoms with Gasteiger partial charge in [-0.25, -0.2) is 14.2 Å². The average molecular weight is 386 g/mol. The van der Waals surface area contributed by atoms with Crippen LogP contribution in [0.25, 0.3) is 16.6 Å². The highest BCUT2D eigenvalue weighted by Crippen LogP contribution is 2.22. The summed E-state index contributed by atoms with van der Waals surface area (Å²) in [6.45, 7) is 1.36. The number of hydrogen-bond donors (Lipinski definition) is 2. The lowest BCUT2D eigenvalue weighted by atomic mass is 10.1. The van der Waals surface area contributed by atoms with Crippen LogP contribution in [0.3, 0.4) is 0 Å². The lowest BCUT2D eigenvalue weighted by molar-refractivity contribution is 0.0329. The zero-order valence-corrected chi connectivity index (χ0v) is 14.8. The van der Waals surface area contributed by atoms with Crippen molar-refractivity contribution < 1.29 is 19.0 Å². The maximum atomic E-state index is 13.8. The molecule has 0 aliphatic heterocycles. The number of hydrogen-bond acceptors (Lipinski definition) is 5. The fourth-order valence-corrected chi connectivity index (χ4v) is 2.60. The van der Waals surface area contributed by atoms with Gasteiger partial charge in [0.1, 0.15) is 17.5 Å². The zero-order chi connectivity index (χ0) is 19.6. The number of aliphatic hydroxyl groups is 1. The van der Waals surface area contributed by atoms with Gasteiger partial charge in [-0.1, -0.05) is 23.7 Å². The van der Waals surface area contributed by atoms with E-state index in [0.29, 0.717) is 11.0 Å². The van der Waals surface area contributed by atoms with Crippen LogP contribution in [0.2, 0.25) is 5.02 Å². The van der Waals surface area contributed by atoms with E-state index in [-0.39, 0.29) is 22.0 Å². The van der Waals surface area contributed by atoms with Crippen LogP contribution in [0.15, 0.2) is 48.2 Å². The summed E-state index contributed by atoms with van der Waals surface area (Å²) in [5.74, 6) is -2.21. The molecule has 0 saturated heterocycles. The average Bonchev–Trinajstić information content (AvgIpc) is 3.05. The monoisotopic (exact) mass is 385 g/mol. The predicted molar refractivity (Wildman–Crippen MR) is 97.5 cm³/mol. The number of aliphatic hydroxyl groups excluding tert-OH is 1. The summed E-state index contributed by atoms with van der Waals surface area (Å²) in [5, 5.41) is 19.9. The molecular weight excluding hydrogens is 373 g/mol. The number of imidazole rings is 1. The molecule has 1 atom stereocenters. The maximum absolute atomic E-state index is 13.8. The van der Waals surface area contributed by atoms with Crippen molar-refractivity contribution in [2.75, 3.05) is 0 Å². The van der Waals surface area contributed by atoms with Crippen molar-refractivity contribution in [3.63, 3.8) is 0 Å². The molecule has 6 nitrogen and oxygen atoms in total. The molecular formula is C19H13ClFN3O3. The summed E-state index contributed by atoms with van der Waals surface area (Å²) in [7, 11) is 0. The summed E-state index contributed by atoms with van der Waals surface area (Å²) < 4.78 is 18.9. The minimum absolute atomic E-state index is 0.136. The quantitative estimate of drug-likeness (QED) is 0.394. The number of halogens is 2. The van der Waals surface area contributed by atoms with Crippen LogP contribution in [-0.2, 0) is 4.74 Å². The molecule has 3 aromatic rings. The molecule has 0 radical (unpaired) electrons. The molecule has 0 unspecified atom stereocenters. The normalized spacial score (nSPS) is 13.0. The Kier molecular flexibility index (Phi) is 5.10. The van der Waals surface area contributed by atoms with Gasteiger partial charge < -0.3 is 14.8 Å². The van der Waals surface area contributed by atoms with E-state index in [1.54, 1.807) is 24.3 Å². The third-order valence-electron chi connectivity index (χ3n) is 3.81. The Hall–Kier alpha value is -3.37. The molecule has 1 heterocycles. The van der Waals surface area contributed by atoms with Crippen LogP contribution in [0, 0.1) is 17.1 Å². The van der Waals surface area contributed by atoms with Gasteiger partial charge in [0, 0.05) is 5.02 Å². The Morgan fingerprint density at radius 3 is 2.78 bits per heavy atom. The number of nitrogens with one attached hydrogen (secondary N) is 1. The van der Waals surface area contributed by atoms with Gasteiger partial charge in [-0.05, 0) is 37.3 Å². The van der Waals surface area contributed by atoms with E-state index in [1.807, 2.05) is 6.07 Å². The molecule has 0 aliphatic carbocycles. The predicted octanol–water partition coefficient (Wildman–Crippen LogP) is 4.39. The fourth-order valence-electron chi connectivity index (χ4n) is 2.44. The number of para-hydroxylation sites is 2. The van der Waals surface area contributed by atoms with Crippen molar-refractivity contribution in [3.8, 4) is 6.07 Å². The van der Waals surface area contributed by atoms with E-state index in [9.17, 15) is 19.6 Å². The Balaban J connectivity index is 1.88. The second-order valence-electron chi connectivity index (χ2n) is 5.65. The number of benzene rings is 2. The second-order valence-corrected chi connectivity index (χ2v) is 6.08.